The molecule has 6 rings (SSSR count). The number of benzene rings is 1. The van der Waals surface area contributed by atoms with Crippen LogP contribution in [0.15, 0.2) is 24.3 Å². The highest BCUT2D eigenvalue weighted by molar-refractivity contribution is 5.94. The molecular formula is C34H48N4O3. The van der Waals surface area contributed by atoms with Crippen molar-refractivity contribution in [3.05, 3.63) is 35.4 Å². The van der Waals surface area contributed by atoms with Crippen LogP contribution in [0, 0.1) is 29.1 Å². The third-order valence-electron chi connectivity index (χ3n) is 11.3. The van der Waals surface area contributed by atoms with E-state index in [1.54, 1.807) is 4.90 Å². The van der Waals surface area contributed by atoms with E-state index in [2.05, 4.69) is 23.5 Å². The molecule has 0 spiro atoms. The summed E-state index contributed by atoms with van der Waals surface area (Å²) in [4.78, 5) is 29.2. The lowest BCUT2D eigenvalue weighted by Gasteiger charge is -2.49. The number of fused-ring (bicyclic) bond motifs is 1. The molecule has 3 saturated carbocycles. The van der Waals surface area contributed by atoms with Crippen molar-refractivity contribution in [1.82, 2.24) is 15.1 Å². The molecule has 2 N–H and O–H groups in total. The number of nitriles is 1. The third-order valence-corrected chi connectivity index (χ3v) is 11.3. The Kier molecular flexibility index (Phi) is 8.43. The predicted octanol–water partition coefficient (Wildman–Crippen LogP) is 5.00. The van der Waals surface area contributed by atoms with E-state index in [0.29, 0.717) is 62.3 Å². The average molecular weight is 561 g/mol. The largest absolute Gasteiger partial charge is 0.380 e. The zero-order valence-corrected chi connectivity index (χ0v) is 24.7. The normalized spacial score (nSPS) is 32.5. The Morgan fingerprint density at radius 1 is 0.854 bits per heavy atom. The van der Waals surface area contributed by atoms with Gasteiger partial charge in [-0.05, 0) is 80.4 Å². The van der Waals surface area contributed by atoms with E-state index >= 15 is 0 Å². The molecule has 3 aliphatic carbocycles. The van der Waals surface area contributed by atoms with Crippen molar-refractivity contribution in [3.8, 4) is 6.07 Å². The number of carbonyl (C=O) groups excluding carboxylic acids is 2. The lowest BCUT2D eigenvalue weighted by Crippen LogP contribution is -2.54. The predicted molar refractivity (Wildman–Crippen MR) is 158 cm³/mol. The maximum Gasteiger partial charge on any atom is 0.254 e. The van der Waals surface area contributed by atoms with Gasteiger partial charge in [0, 0.05) is 43.8 Å². The number of carbonyl (C=O) groups is 2. The number of hydrogen-bond donors (Lipinski definition) is 2. The number of nitrogens with one attached hydrogen (secondary N) is 1. The van der Waals surface area contributed by atoms with Gasteiger partial charge in [-0.15, -0.1) is 0 Å². The summed E-state index contributed by atoms with van der Waals surface area (Å²) < 4.78 is 0. The van der Waals surface area contributed by atoms with E-state index in [-0.39, 0.29) is 23.3 Å². The summed E-state index contributed by atoms with van der Waals surface area (Å²) >= 11 is 0. The van der Waals surface area contributed by atoms with Gasteiger partial charge in [-0.1, -0.05) is 57.1 Å². The maximum atomic E-state index is 13.2. The summed E-state index contributed by atoms with van der Waals surface area (Å²) in [6.45, 7) is 2.78. The summed E-state index contributed by atoms with van der Waals surface area (Å²) in [5.41, 5.74) is 0.956. The molecule has 2 amide bonds. The minimum atomic E-state index is -1.14. The van der Waals surface area contributed by atoms with E-state index in [9.17, 15) is 20.0 Å². The van der Waals surface area contributed by atoms with Gasteiger partial charge in [0.15, 0.2) is 0 Å². The second-order valence-corrected chi connectivity index (χ2v) is 13.7. The van der Waals surface area contributed by atoms with Gasteiger partial charge in [0.05, 0.1) is 12.0 Å². The van der Waals surface area contributed by atoms with Crippen molar-refractivity contribution in [3.63, 3.8) is 0 Å². The number of amides is 2. The Bertz CT molecular complexity index is 1120. The smallest absolute Gasteiger partial charge is 0.254 e. The number of aliphatic hydroxyl groups is 1. The first-order chi connectivity index (χ1) is 19.9. The first kappa shape index (κ1) is 28.7. The average Bonchev–Trinajstić information content (AvgIpc) is 3.66. The van der Waals surface area contributed by atoms with Crippen LogP contribution in [0.2, 0.25) is 0 Å². The first-order valence-electron chi connectivity index (χ1n) is 16.5. The summed E-state index contributed by atoms with van der Waals surface area (Å²) in [5.74, 6) is 1.41. The molecule has 0 radical (unpaired) electrons. The monoisotopic (exact) mass is 560 g/mol. The van der Waals surface area contributed by atoms with Gasteiger partial charge in [0.1, 0.15) is 5.60 Å². The molecule has 1 aromatic rings. The molecule has 41 heavy (non-hydrogen) atoms. The molecule has 4 unspecified atom stereocenters. The first-order valence-corrected chi connectivity index (χ1v) is 16.5. The molecule has 0 aromatic heterocycles. The van der Waals surface area contributed by atoms with Crippen LogP contribution in [-0.4, -0.2) is 70.6 Å². The van der Waals surface area contributed by atoms with Gasteiger partial charge < -0.3 is 20.2 Å². The van der Waals surface area contributed by atoms with Crippen LogP contribution >= 0.6 is 0 Å². The molecule has 7 heteroatoms. The molecule has 4 atom stereocenters. The van der Waals surface area contributed by atoms with Gasteiger partial charge in [0.25, 0.3) is 11.8 Å². The maximum absolute atomic E-state index is 13.2. The van der Waals surface area contributed by atoms with Gasteiger partial charge in [-0.25, -0.2) is 0 Å². The quantitative estimate of drug-likeness (QED) is 0.540. The molecule has 7 nitrogen and oxygen atoms in total. The molecule has 222 valence electrons. The van der Waals surface area contributed by atoms with Crippen LogP contribution in [0.3, 0.4) is 0 Å². The van der Waals surface area contributed by atoms with Gasteiger partial charge in [0.2, 0.25) is 0 Å². The molecule has 5 fully saturated rings. The summed E-state index contributed by atoms with van der Waals surface area (Å²) in [7, 11) is 0. The van der Waals surface area contributed by atoms with Crippen molar-refractivity contribution < 1.29 is 14.7 Å². The van der Waals surface area contributed by atoms with Crippen LogP contribution in [0.4, 0.5) is 0 Å². The Labute approximate surface area is 245 Å². The SMILES string of the molecule is N#CC1CNC2(C3CCCCCCCCC3)CCC(c3ccc(C(=O)N4CCN(C(=O)C5(O)CC5)CC4)cc3)CC12. The fourth-order valence-corrected chi connectivity index (χ4v) is 8.65. The summed E-state index contributed by atoms with van der Waals surface area (Å²) in [5, 5.41) is 24.2. The molecular weight excluding hydrogens is 512 g/mol. The molecule has 1 aromatic carbocycles. The van der Waals surface area contributed by atoms with Gasteiger partial charge >= 0.3 is 0 Å². The van der Waals surface area contributed by atoms with Crippen LogP contribution < -0.4 is 5.32 Å². The second kappa shape index (κ2) is 12.1. The molecule has 2 saturated heterocycles. The lowest BCUT2D eigenvalue weighted by atomic mass is 9.59. The number of piperazine rings is 1. The standard InChI is InChI=1S/C34H48N4O3/c35-23-28-24-36-34(29-8-6-4-2-1-3-5-7-9-29)15-14-27(22-30(28)34)25-10-12-26(13-11-25)31(39)37-18-20-38(21-19-37)32(40)33(41)16-17-33/h10-13,27-30,36,41H,1-9,14-22,24H2. The minimum Gasteiger partial charge on any atom is -0.380 e. The van der Waals surface area contributed by atoms with Crippen molar-refractivity contribution in [2.45, 2.75) is 107 Å². The lowest BCUT2D eigenvalue weighted by molar-refractivity contribution is -0.143. The van der Waals surface area contributed by atoms with Crippen molar-refractivity contribution in [2.75, 3.05) is 32.7 Å². The van der Waals surface area contributed by atoms with E-state index in [1.165, 1.54) is 63.4 Å². The third kappa shape index (κ3) is 5.79. The Morgan fingerprint density at radius 3 is 2.07 bits per heavy atom. The highest BCUT2D eigenvalue weighted by Crippen LogP contribution is 2.53. The summed E-state index contributed by atoms with van der Waals surface area (Å²) in [6, 6.07) is 10.9. The topological polar surface area (TPSA) is 96.7 Å². The van der Waals surface area contributed by atoms with Gasteiger partial charge in [-0.2, -0.15) is 5.26 Å². The van der Waals surface area contributed by atoms with Crippen LogP contribution in [0.1, 0.15) is 112 Å². The van der Waals surface area contributed by atoms with E-state index in [4.69, 9.17) is 0 Å². The highest BCUT2D eigenvalue weighted by atomic mass is 16.3. The number of rotatable bonds is 4. The van der Waals surface area contributed by atoms with Crippen LogP contribution in [0.25, 0.3) is 0 Å². The van der Waals surface area contributed by atoms with E-state index in [0.717, 1.165) is 25.8 Å². The zero-order chi connectivity index (χ0) is 28.5. The summed E-state index contributed by atoms with van der Waals surface area (Å²) in [6.07, 6.45) is 16.5. The fraction of sp³-hybridized carbons (Fsp3) is 0.735. The van der Waals surface area contributed by atoms with Crippen molar-refractivity contribution in [2.24, 2.45) is 17.8 Å². The van der Waals surface area contributed by atoms with Crippen molar-refractivity contribution >= 4 is 11.8 Å². The fourth-order valence-electron chi connectivity index (χ4n) is 8.65. The molecule has 0 bridgehead atoms. The van der Waals surface area contributed by atoms with Gasteiger partial charge in [-0.3, -0.25) is 9.59 Å². The Balaban J connectivity index is 1.09. The van der Waals surface area contributed by atoms with Crippen molar-refractivity contribution in [1.29, 1.82) is 5.26 Å². The molecule has 5 aliphatic rings. The minimum absolute atomic E-state index is 0.0111. The van der Waals surface area contributed by atoms with Crippen LogP contribution in [0.5, 0.6) is 0 Å². The van der Waals surface area contributed by atoms with E-state index < -0.39 is 5.60 Å². The van der Waals surface area contributed by atoms with E-state index in [1.807, 2.05) is 17.0 Å². The highest BCUT2D eigenvalue weighted by Gasteiger charge is 2.55. The number of hydrogen-bond acceptors (Lipinski definition) is 5. The Hall–Kier alpha value is -2.43. The van der Waals surface area contributed by atoms with Crippen LogP contribution in [-0.2, 0) is 4.79 Å². The Morgan fingerprint density at radius 2 is 1.46 bits per heavy atom. The zero-order valence-electron chi connectivity index (χ0n) is 24.7. The second-order valence-electron chi connectivity index (χ2n) is 13.7. The number of nitrogens with zero attached hydrogens (tertiary/aromatic N) is 3. The molecule has 2 heterocycles. The molecule has 2 aliphatic heterocycles.